The predicted molar refractivity (Wildman–Crippen MR) is 229 cm³/mol. The van der Waals surface area contributed by atoms with Gasteiger partial charge in [0.05, 0.1) is 36.2 Å². The molecule has 0 saturated carbocycles. The number of hydrogen-bond donors (Lipinski definition) is 5. The van der Waals surface area contributed by atoms with Crippen LogP contribution in [-0.4, -0.2) is 144 Å². The molecule has 6 amide bonds. The summed E-state index contributed by atoms with van der Waals surface area (Å²) in [5, 5.41) is 12.0. The summed E-state index contributed by atoms with van der Waals surface area (Å²) in [7, 11) is 1.64. The number of nitrogens with zero attached hydrogens (tertiary/aromatic N) is 6. The van der Waals surface area contributed by atoms with Crippen LogP contribution in [0.1, 0.15) is 82.3 Å². The minimum absolute atomic E-state index is 0.0324. The lowest BCUT2D eigenvalue weighted by atomic mass is 10.0. The van der Waals surface area contributed by atoms with Crippen LogP contribution in [0.25, 0.3) is 0 Å². The number of imide groups is 2. The fourth-order valence-electron chi connectivity index (χ4n) is 9.03. The fraction of sp³-hybridized carbons (Fsp3) is 0.488. The van der Waals surface area contributed by atoms with Crippen molar-refractivity contribution in [1.82, 2.24) is 30.0 Å². The SMILES string of the molecule is CCc1nc(C(N)=O)c(Nc2ccc(N3CCC(N4CCN(C(=O)CNc5cccc6c5C(=O)N(C5CCC(=O)NC5=O)C6=O)CC4)CC3)c(OC)c2)nc1NC1CCOCC1. The van der Waals surface area contributed by atoms with Crippen LogP contribution in [0.4, 0.5) is 28.7 Å². The highest BCUT2D eigenvalue weighted by Gasteiger charge is 2.45. The van der Waals surface area contributed by atoms with Gasteiger partial charge in [0.1, 0.15) is 11.8 Å². The first kappa shape index (κ1) is 42.4. The number of nitrogens with two attached hydrogens (primary N) is 1. The number of nitrogens with one attached hydrogen (secondary N) is 4. The van der Waals surface area contributed by atoms with Crippen LogP contribution in [0.3, 0.4) is 0 Å². The van der Waals surface area contributed by atoms with Gasteiger partial charge in [0, 0.05) is 88.4 Å². The summed E-state index contributed by atoms with van der Waals surface area (Å²) in [6.07, 6.45) is 4.25. The third-order valence-electron chi connectivity index (χ3n) is 12.4. The number of fused-ring (bicyclic) bond motifs is 1. The first-order chi connectivity index (χ1) is 30.0. The van der Waals surface area contributed by atoms with Crippen molar-refractivity contribution in [3.8, 4) is 5.75 Å². The molecule has 2 aromatic carbocycles. The summed E-state index contributed by atoms with van der Waals surface area (Å²) >= 11 is 0. The predicted octanol–water partition coefficient (Wildman–Crippen LogP) is 2.11. The van der Waals surface area contributed by atoms with E-state index in [1.54, 1.807) is 19.2 Å². The van der Waals surface area contributed by atoms with Gasteiger partial charge in [0.25, 0.3) is 17.7 Å². The molecule has 3 aromatic rings. The van der Waals surface area contributed by atoms with E-state index in [9.17, 15) is 28.8 Å². The molecule has 0 radical (unpaired) electrons. The van der Waals surface area contributed by atoms with Crippen LogP contribution in [0.5, 0.6) is 5.75 Å². The second-order valence-electron chi connectivity index (χ2n) is 16.1. The Labute approximate surface area is 359 Å². The largest absolute Gasteiger partial charge is 0.495 e. The second-order valence-corrected chi connectivity index (χ2v) is 16.1. The molecule has 0 bridgehead atoms. The molecule has 0 aliphatic carbocycles. The number of rotatable bonds is 13. The number of piperidine rings is 2. The fourth-order valence-corrected chi connectivity index (χ4v) is 9.03. The van der Waals surface area contributed by atoms with Gasteiger partial charge in [-0.1, -0.05) is 13.0 Å². The maximum Gasteiger partial charge on any atom is 0.271 e. The first-order valence-corrected chi connectivity index (χ1v) is 21.4. The smallest absolute Gasteiger partial charge is 0.271 e. The van der Waals surface area contributed by atoms with Gasteiger partial charge in [0.15, 0.2) is 17.3 Å². The van der Waals surface area contributed by atoms with Crippen molar-refractivity contribution in [3.05, 3.63) is 58.9 Å². The van der Waals surface area contributed by atoms with Gasteiger partial charge in [-0.05, 0) is 62.8 Å². The highest BCUT2D eigenvalue weighted by molar-refractivity contribution is 6.25. The van der Waals surface area contributed by atoms with E-state index < -0.39 is 35.6 Å². The number of primary amides is 1. The average Bonchev–Trinajstić information content (AvgIpc) is 3.54. The Morgan fingerprint density at radius 2 is 1.68 bits per heavy atom. The number of hydrogen-bond acceptors (Lipinski definition) is 15. The summed E-state index contributed by atoms with van der Waals surface area (Å²) in [6.45, 7) is 7.47. The molecule has 1 unspecified atom stereocenters. The van der Waals surface area contributed by atoms with Gasteiger partial charge in [0.2, 0.25) is 17.7 Å². The lowest BCUT2D eigenvalue weighted by Crippen LogP contribution is -2.55. The Balaban J connectivity index is 0.835. The quantitative estimate of drug-likeness (QED) is 0.155. The topological polar surface area (TPSA) is 234 Å². The summed E-state index contributed by atoms with van der Waals surface area (Å²) in [4.78, 5) is 93.6. The van der Waals surface area contributed by atoms with Crippen LogP contribution < -0.4 is 36.6 Å². The average molecular weight is 852 g/mol. The van der Waals surface area contributed by atoms with E-state index in [2.05, 4.69) is 36.1 Å². The van der Waals surface area contributed by atoms with Gasteiger partial charge in [-0.2, -0.15) is 0 Å². The molecular formula is C43H53N11O8. The van der Waals surface area contributed by atoms with Crippen molar-refractivity contribution in [3.63, 3.8) is 0 Å². The number of aromatic nitrogens is 2. The first-order valence-electron chi connectivity index (χ1n) is 21.4. The van der Waals surface area contributed by atoms with E-state index in [-0.39, 0.29) is 54.0 Å². The summed E-state index contributed by atoms with van der Waals surface area (Å²) in [5.41, 5.74) is 8.76. The van der Waals surface area contributed by atoms with Crippen molar-refractivity contribution in [2.24, 2.45) is 5.73 Å². The molecule has 6 heterocycles. The minimum Gasteiger partial charge on any atom is -0.495 e. The van der Waals surface area contributed by atoms with Gasteiger partial charge in [-0.3, -0.25) is 43.9 Å². The molecule has 5 aliphatic heterocycles. The van der Waals surface area contributed by atoms with Gasteiger partial charge >= 0.3 is 0 Å². The summed E-state index contributed by atoms with van der Waals surface area (Å²) < 4.78 is 11.4. The van der Waals surface area contributed by atoms with Crippen molar-refractivity contribution in [1.29, 1.82) is 0 Å². The van der Waals surface area contributed by atoms with Crippen LogP contribution in [0.2, 0.25) is 0 Å². The van der Waals surface area contributed by atoms with Gasteiger partial charge < -0.3 is 41.0 Å². The molecule has 328 valence electrons. The number of piperazine rings is 1. The van der Waals surface area contributed by atoms with Crippen molar-refractivity contribution < 1.29 is 38.2 Å². The molecule has 6 N–H and O–H groups in total. The maximum atomic E-state index is 13.5. The summed E-state index contributed by atoms with van der Waals surface area (Å²) in [5.74, 6) is -1.56. The molecular weight excluding hydrogens is 799 g/mol. The van der Waals surface area contributed by atoms with Gasteiger partial charge in [-0.25, -0.2) is 9.97 Å². The van der Waals surface area contributed by atoms with E-state index >= 15 is 0 Å². The molecule has 19 nitrogen and oxygen atoms in total. The van der Waals surface area contributed by atoms with Crippen LogP contribution in [-0.2, 0) is 25.5 Å². The van der Waals surface area contributed by atoms with E-state index in [1.807, 2.05) is 30.0 Å². The lowest BCUT2D eigenvalue weighted by Gasteiger charge is -2.43. The molecule has 19 heteroatoms. The zero-order valence-electron chi connectivity index (χ0n) is 35.0. The van der Waals surface area contributed by atoms with E-state index in [0.29, 0.717) is 67.4 Å². The monoisotopic (exact) mass is 851 g/mol. The molecule has 5 aliphatic rings. The number of methoxy groups -OCH3 is 1. The number of carbonyl (C=O) groups excluding carboxylic acids is 6. The summed E-state index contributed by atoms with van der Waals surface area (Å²) in [6, 6.07) is 10.1. The lowest BCUT2D eigenvalue weighted by molar-refractivity contribution is -0.136. The Bertz CT molecular complexity index is 2250. The number of benzene rings is 2. The zero-order valence-corrected chi connectivity index (χ0v) is 35.0. The molecule has 1 aromatic heterocycles. The highest BCUT2D eigenvalue weighted by Crippen LogP contribution is 2.36. The van der Waals surface area contributed by atoms with Crippen LogP contribution in [0.15, 0.2) is 36.4 Å². The number of ether oxygens (including phenoxy) is 2. The standard InChI is InChI=1S/C43H53N11O8/c1-3-29-39(46-25-13-21-62-22-14-25)50-40(37(48-29)38(44)57)47-26-7-8-31(33(23-26)61-2)52-15-11-27(12-16-52)51-17-19-53(20-18-51)35(56)24-45-30-6-4-5-28-36(30)43(60)54(42(28)59)32-9-10-34(55)49-41(32)58/h4-8,23,25,27,32,45H,3,9-22,24H2,1-2H3,(H2,44,57)(H2,46,47,50)(H,49,55,58). The van der Waals surface area contributed by atoms with E-state index in [4.69, 9.17) is 20.2 Å². The normalized spacial score (nSPS) is 20.2. The Kier molecular flexibility index (Phi) is 12.5. The number of anilines is 5. The van der Waals surface area contributed by atoms with Crippen molar-refractivity contribution in [2.45, 2.75) is 70.0 Å². The van der Waals surface area contributed by atoms with Gasteiger partial charge in [-0.15, -0.1) is 0 Å². The number of amides is 6. The molecule has 4 saturated heterocycles. The molecule has 8 rings (SSSR count). The van der Waals surface area contributed by atoms with Crippen molar-refractivity contribution >= 4 is 64.1 Å². The Morgan fingerprint density at radius 3 is 2.37 bits per heavy atom. The Hall–Kier alpha value is -6.34. The second kappa shape index (κ2) is 18.3. The Morgan fingerprint density at radius 1 is 0.919 bits per heavy atom. The number of carbonyl (C=O) groups is 6. The third-order valence-corrected chi connectivity index (χ3v) is 12.4. The van der Waals surface area contributed by atoms with Crippen LogP contribution >= 0.6 is 0 Å². The maximum absolute atomic E-state index is 13.5. The minimum atomic E-state index is -1.07. The number of aryl methyl sites for hydroxylation is 1. The molecule has 0 spiro atoms. The molecule has 1 atom stereocenters. The zero-order chi connectivity index (χ0) is 43.5. The highest BCUT2D eigenvalue weighted by atomic mass is 16.5. The third kappa shape index (κ3) is 8.72. The van der Waals surface area contributed by atoms with Crippen LogP contribution in [0, 0.1) is 0 Å². The van der Waals surface area contributed by atoms with E-state index in [0.717, 1.165) is 62.4 Å². The molecule has 62 heavy (non-hydrogen) atoms. The molecule has 4 fully saturated rings. The van der Waals surface area contributed by atoms with Crippen molar-refractivity contribution in [2.75, 3.05) is 87.0 Å². The van der Waals surface area contributed by atoms with E-state index in [1.165, 1.54) is 6.07 Å².